The van der Waals surface area contributed by atoms with Crippen LogP contribution in [-0.4, -0.2) is 36.4 Å². The maximum atomic E-state index is 12.3. The predicted octanol–water partition coefficient (Wildman–Crippen LogP) is 18.0. The van der Waals surface area contributed by atoms with Crippen LogP contribution in [0.2, 0.25) is 0 Å². The van der Waals surface area contributed by atoms with Gasteiger partial charge in [-0.1, -0.05) is 233 Å². The molecule has 0 amide bonds. The summed E-state index contributed by atoms with van der Waals surface area (Å²) in [4.78, 5) is 24.5. The van der Waals surface area contributed by atoms with Crippen molar-refractivity contribution in [3.05, 3.63) is 97.2 Å². The highest BCUT2D eigenvalue weighted by Gasteiger charge is 2.16. The van der Waals surface area contributed by atoms with Gasteiger partial charge in [0.25, 0.3) is 0 Å². The Bertz CT molecular complexity index is 1230. The number of aliphatic hydroxyl groups excluding tert-OH is 1. The van der Waals surface area contributed by atoms with Crippen LogP contribution in [0, 0.1) is 0 Å². The summed E-state index contributed by atoms with van der Waals surface area (Å²) in [6.45, 7) is 4.02. The average Bonchev–Trinajstić information content (AvgIpc) is 3.30. The zero-order valence-corrected chi connectivity index (χ0v) is 41.8. The Balaban J connectivity index is 3.58. The summed E-state index contributed by atoms with van der Waals surface area (Å²) in [7, 11) is 0. The topological polar surface area (TPSA) is 72.8 Å². The fourth-order valence-corrected chi connectivity index (χ4v) is 7.35. The number of carbonyl (C=O) groups excluding carboxylic acids is 2. The SMILES string of the molecule is CC/C=C\C/C=C\C/C=C\C/C=C\C/C=C\C/C=C\C/C=C\CCCCCCCC(=O)OC(CO)COC(=O)CCCCCCCCCCCCC/C=C\CCCCCCCCCC. The summed E-state index contributed by atoms with van der Waals surface area (Å²) in [5, 5.41) is 9.64. The molecule has 0 fully saturated rings. The molecular weight excluding hydrogens is 789 g/mol. The summed E-state index contributed by atoms with van der Waals surface area (Å²) >= 11 is 0. The zero-order valence-electron chi connectivity index (χ0n) is 41.8. The van der Waals surface area contributed by atoms with E-state index in [4.69, 9.17) is 9.47 Å². The van der Waals surface area contributed by atoms with E-state index in [1.807, 2.05) is 0 Å². The number of hydrogen-bond donors (Lipinski definition) is 1. The summed E-state index contributed by atoms with van der Waals surface area (Å²) in [5.41, 5.74) is 0. The first-order valence-electron chi connectivity index (χ1n) is 26.8. The van der Waals surface area contributed by atoms with E-state index in [0.29, 0.717) is 12.8 Å². The summed E-state index contributed by atoms with van der Waals surface area (Å²) in [6, 6.07) is 0. The molecule has 0 aromatic heterocycles. The second kappa shape index (κ2) is 54.2. The molecule has 0 aliphatic heterocycles. The van der Waals surface area contributed by atoms with Crippen molar-refractivity contribution in [1.82, 2.24) is 0 Å². The van der Waals surface area contributed by atoms with E-state index in [9.17, 15) is 14.7 Å². The molecule has 0 bridgehead atoms. The number of aliphatic hydroxyl groups is 1. The molecule has 5 heteroatoms. The normalized spacial score (nSPS) is 13.0. The number of rotatable bonds is 48. The van der Waals surface area contributed by atoms with E-state index >= 15 is 0 Å². The van der Waals surface area contributed by atoms with Gasteiger partial charge in [-0.2, -0.15) is 0 Å². The molecule has 1 unspecified atom stereocenters. The first-order valence-corrected chi connectivity index (χ1v) is 26.8. The molecule has 0 aliphatic rings. The molecule has 0 saturated heterocycles. The van der Waals surface area contributed by atoms with Gasteiger partial charge in [0.1, 0.15) is 6.61 Å². The van der Waals surface area contributed by atoms with E-state index < -0.39 is 6.10 Å². The zero-order chi connectivity index (χ0) is 46.3. The highest BCUT2D eigenvalue weighted by molar-refractivity contribution is 5.70. The number of carbonyl (C=O) groups is 2. The van der Waals surface area contributed by atoms with Crippen molar-refractivity contribution in [1.29, 1.82) is 0 Å². The standard InChI is InChI=1S/C59H100O5/c1-3-5-7-9-11-13-15-17-19-21-23-25-27-28-29-30-32-34-36-38-40-42-44-46-48-50-52-54-59(62)64-57(55-60)56-63-58(61)53-51-49-47-45-43-41-39-37-35-33-31-26-24-22-20-18-16-14-12-10-8-6-4-2/h5,7,11,13,17,19,22-25,28-29,32,34,38,40,57,60H,3-4,6,8-10,12,14-16,18,20-21,26-27,30-31,33,35-37,39,41-56H2,1-2H3/b7-5-,13-11-,19-17-,24-22-,25-23-,29-28-,34-32-,40-38-. The molecule has 0 rings (SSSR count). The number of allylic oxidation sites excluding steroid dienone is 16. The van der Waals surface area contributed by atoms with Gasteiger partial charge in [0.05, 0.1) is 6.61 Å². The van der Waals surface area contributed by atoms with E-state index in [2.05, 4.69) is 111 Å². The lowest BCUT2D eigenvalue weighted by molar-refractivity contribution is -0.161. The van der Waals surface area contributed by atoms with Gasteiger partial charge in [-0.15, -0.1) is 0 Å². The van der Waals surface area contributed by atoms with Gasteiger partial charge >= 0.3 is 11.9 Å². The number of esters is 2. The van der Waals surface area contributed by atoms with E-state index in [0.717, 1.165) is 103 Å². The third kappa shape index (κ3) is 51.5. The molecular formula is C59H100O5. The smallest absolute Gasteiger partial charge is 0.306 e. The molecule has 0 aliphatic carbocycles. The Kier molecular flexibility index (Phi) is 51.5. The van der Waals surface area contributed by atoms with Crippen LogP contribution < -0.4 is 0 Å². The molecule has 0 aromatic carbocycles. The first-order chi connectivity index (χ1) is 31.6. The average molecular weight is 889 g/mol. The van der Waals surface area contributed by atoms with Crippen molar-refractivity contribution in [3.63, 3.8) is 0 Å². The Morgan fingerprint density at radius 1 is 0.375 bits per heavy atom. The van der Waals surface area contributed by atoms with Gasteiger partial charge in [-0.05, 0) is 96.3 Å². The molecule has 1 N–H and O–H groups in total. The van der Waals surface area contributed by atoms with Crippen LogP contribution in [0.15, 0.2) is 97.2 Å². The van der Waals surface area contributed by atoms with E-state index in [1.54, 1.807) is 0 Å². The summed E-state index contributed by atoms with van der Waals surface area (Å²) in [5.74, 6) is -0.614. The molecule has 64 heavy (non-hydrogen) atoms. The Hall–Kier alpha value is -3.18. The molecule has 0 aromatic rings. The Morgan fingerprint density at radius 3 is 1.03 bits per heavy atom. The minimum Gasteiger partial charge on any atom is -0.462 e. The minimum atomic E-state index is -0.789. The first kappa shape index (κ1) is 60.8. The van der Waals surface area contributed by atoms with Crippen molar-refractivity contribution in [3.8, 4) is 0 Å². The van der Waals surface area contributed by atoms with Crippen LogP contribution in [0.1, 0.15) is 245 Å². The van der Waals surface area contributed by atoms with Crippen molar-refractivity contribution >= 4 is 11.9 Å². The lowest BCUT2D eigenvalue weighted by Crippen LogP contribution is -2.28. The monoisotopic (exact) mass is 889 g/mol. The van der Waals surface area contributed by atoms with Crippen molar-refractivity contribution in [2.24, 2.45) is 0 Å². The van der Waals surface area contributed by atoms with Gasteiger partial charge in [-0.25, -0.2) is 0 Å². The van der Waals surface area contributed by atoms with Gasteiger partial charge in [-0.3, -0.25) is 9.59 Å². The lowest BCUT2D eigenvalue weighted by atomic mass is 10.0. The summed E-state index contributed by atoms with van der Waals surface area (Å²) in [6.07, 6.45) is 76.5. The fourth-order valence-electron chi connectivity index (χ4n) is 7.35. The maximum absolute atomic E-state index is 12.3. The molecule has 0 radical (unpaired) electrons. The number of hydrogen-bond acceptors (Lipinski definition) is 5. The van der Waals surface area contributed by atoms with Gasteiger partial charge in [0, 0.05) is 12.8 Å². The van der Waals surface area contributed by atoms with E-state index in [1.165, 1.54) is 116 Å². The van der Waals surface area contributed by atoms with Gasteiger partial charge < -0.3 is 14.6 Å². The Morgan fingerprint density at radius 2 is 0.672 bits per heavy atom. The fraction of sp³-hybridized carbons (Fsp3) is 0.695. The largest absolute Gasteiger partial charge is 0.462 e. The third-order valence-corrected chi connectivity index (χ3v) is 11.4. The quantitative estimate of drug-likeness (QED) is 0.0374. The van der Waals surface area contributed by atoms with Crippen molar-refractivity contribution < 1.29 is 24.2 Å². The van der Waals surface area contributed by atoms with E-state index in [-0.39, 0.29) is 25.2 Å². The van der Waals surface area contributed by atoms with Crippen LogP contribution in [0.3, 0.4) is 0 Å². The van der Waals surface area contributed by atoms with Crippen LogP contribution >= 0.6 is 0 Å². The highest BCUT2D eigenvalue weighted by atomic mass is 16.6. The van der Waals surface area contributed by atoms with Crippen LogP contribution in [-0.2, 0) is 19.1 Å². The molecule has 0 spiro atoms. The van der Waals surface area contributed by atoms with Crippen LogP contribution in [0.5, 0.6) is 0 Å². The summed E-state index contributed by atoms with van der Waals surface area (Å²) < 4.78 is 10.7. The van der Waals surface area contributed by atoms with Crippen molar-refractivity contribution in [2.45, 2.75) is 251 Å². The molecule has 0 heterocycles. The maximum Gasteiger partial charge on any atom is 0.306 e. The van der Waals surface area contributed by atoms with Crippen LogP contribution in [0.4, 0.5) is 0 Å². The van der Waals surface area contributed by atoms with Gasteiger partial charge in [0.15, 0.2) is 6.10 Å². The number of ether oxygens (including phenoxy) is 2. The molecule has 366 valence electrons. The lowest BCUT2D eigenvalue weighted by Gasteiger charge is -2.15. The molecule has 1 atom stereocenters. The van der Waals surface area contributed by atoms with Crippen molar-refractivity contribution in [2.75, 3.05) is 13.2 Å². The predicted molar refractivity (Wildman–Crippen MR) is 279 cm³/mol. The third-order valence-electron chi connectivity index (χ3n) is 11.4. The second-order valence-electron chi connectivity index (χ2n) is 17.6. The van der Waals surface area contributed by atoms with Gasteiger partial charge in [0.2, 0.25) is 0 Å². The second-order valence-corrected chi connectivity index (χ2v) is 17.6. The minimum absolute atomic E-state index is 0.0786. The Labute approximate surface area is 396 Å². The molecule has 5 nitrogen and oxygen atoms in total. The van der Waals surface area contributed by atoms with Crippen LogP contribution in [0.25, 0.3) is 0 Å². The molecule has 0 saturated carbocycles. The highest BCUT2D eigenvalue weighted by Crippen LogP contribution is 2.15. The number of unbranched alkanes of at least 4 members (excludes halogenated alkanes) is 24.